The predicted molar refractivity (Wildman–Crippen MR) is 76.5 cm³/mol. The standard InChI is InChI=1S/C15H21N3O2/c1-2-16-14-11(4-3-7-17-14)15(20)18-8-10-5-6-13(19)12(10)9-18/h3-4,7,10,12-13,19H,2,5-6,8-9H2,1H3,(H,16,17). The highest BCUT2D eigenvalue weighted by Gasteiger charge is 2.43. The molecule has 1 saturated carbocycles. The molecular formula is C15H21N3O2. The van der Waals surface area contributed by atoms with Crippen LogP contribution in [0.5, 0.6) is 0 Å². The lowest BCUT2D eigenvalue weighted by molar-refractivity contribution is 0.0753. The van der Waals surface area contributed by atoms with Crippen LogP contribution in [0.25, 0.3) is 0 Å². The first-order valence-electron chi connectivity index (χ1n) is 7.37. The van der Waals surface area contributed by atoms with Crippen LogP contribution in [-0.4, -0.2) is 46.6 Å². The summed E-state index contributed by atoms with van der Waals surface area (Å²) in [6.45, 7) is 4.16. The van der Waals surface area contributed by atoms with E-state index >= 15 is 0 Å². The zero-order chi connectivity index (χ0) is 14.1. The smallest absolute Gasteiger partial charge is 0.257 e. The molecular weight excluding hydrogens is 254 g/mol. The van der Waals surface area contributed by atoms with Crippen molar-refractivity contribution in [1.82, 2.24) is 9.88 Å². The van der Waals surface area contributed by atoms with Gasteiger partial charge in [0.05, 0.1) is 11.7 Å². The third-order valence-electron chi connectivity index (χ3n) is 4.49. The molecule has 3 atom stereocenters. The number of hydrogen-bond acceptors (Lipinski definition) is 4. The monoisotopic (exact) mass is 275 g/mol. The first-order valence-corrected chi connectivity index (χ1v) is 7.37. The van der Waals surface area contributed by atoms with Crippen molar-refractivity contribution in [2.24, 2.45) is 11.8 Å². The molecule has 1 amide bonds. The van der Waals surface area contributed by atoms with Crippen LogP contribution in [0.2, 0.25) is 0 Å². The largest absolute Gasteiger partial charge is 0.393 e. The number of pyridine rings is 1. The van der Waals surface area contributed by atoms with Crippen molar-refractivity contribution in [2.45, 2.75) is 25.9 Å². The summed E-state index contributed by atoms with van der Waals surface area (Å²) in [5.74, 6) is 1.40. The van der Waals surface area contributed by atoms with Gasteiger partial charge in [-0.25, -0.2) is 4.98 Å². The van der Waals surface area contributed by atoms with Gasteiger partial charge in [-0.3, -0.25) is 4.79 Å². The lowest BCUT2D eigenvalue weighted by Gasteiger charge is -2.19. The Labute approximate surface area is 119 Å². The van der Waals surface area contributed by atoms with Gasteiger partial charge in [0.15, 0.2) is 0 Å². The molecule has 1 aromatic heterocycles. The maximum Gasteiger partial charge on any atom is 0.257 e. The zero-order valence-corrected chi connectivity index (χ0v) is 11.7. The predicted octanol–water partition coefficient (Wildman–Crippen LogP) is 1.36. The van der Waals surface area contributed by atoms with Crippen molar-refractivity contribution in [3.8, 4) is 0 Å². The molecule has 2 aliphatic rings. The Bertz CT molecular complexity index is 506. The van der Waals surface area contributed by atoms with E-state index in [1.54, 1.807) is 12.3 Å². The van der Waals surface area contributed by atoms with Gasteiger partial charge in [-0.2, -0.15) is 0 Å². The van der Waals surface area contributed by atoms with Crippen LogP contribution in [0.4, 0.5) is 5.82 Å². The molecule has 20 heavy (non-hydrogen) atoms. The van der Waals surface area contributed by atoms with Crippen molar-refractivity contribution in [2.75, 3.05) is 25.0 Å². The fourth-order valence-electron chi connectivity index (χ4n) is 3.46. The number of hydrogen-bond donors (Lipinski definition) is 2. The molecule has 5 nitrogen and oxygen atoms in total. The number of carbonyl (C=O) groups excluding carboxylic acids is 1. The molecule has 1 aliphatic carbocycles. The fourth-order valence-corrected chi connectivity index (χ4v) is 3.46. The minimum absolute atomic E-state index is 0.0238. The second-order valence-electron chi connectivity index (χ2n) is 5.71. The van der Waals surface area contributed by atoms with Crippen LogP contribution in [0, 0.1) is 11.8 Å². The van der Waals surface area contributed by atoms with Crippen LogP contribution in [-0.2, 0) is 0 Å². The van der Waals surface area contributed by atoms with Crippen molar-refractivity contribution in [3.63, 3.8) is 0 Å². The number of carbonyl (C=O) groups is 1. The minimum Gasteiger partial charge on any atom is -0.393 e. The van der Waals surface area contributed by atoms with Gasteiger partial charge in [0, 0.05) is 31.7 Å². The van der Waals surface area contributed by atoms with Gasteiger partial charge in [-0.15, -0.1) is 0 Å². The molecule has 0 bridgehead atoms. The Morgan fingerprint density at radius 1 is 1.50 bits per heavy atom. The van der Waals surface area contributed by atoms with E-state index in [4.69, 9.17) is 0 Å². The van der Waals surface area contributed by atoms with Crippen LogP contribution in [0.15, 0.2) is 18.3 Å². The van der Waals surface area contributed by atoms with Crippen LogP contribution < -0.4 is 5.32 Å². The number of fused-ring (bicyclic) bond motifs is 1. The topological polar surface area (TPSA) is 65.5 Å². The van der Waals surface area contributed by atoms with Crippen molar-refractivity contribution < 1.29 is 9.90 Å². The molecule has 0 aromatic carbocycles. The highest BCUT2D eigenvalue weighted by Crippen LogP contribution is 2.38. The van der Waals surface area contributed by atoms with E-state index in [-0.39, 0.29) is 17.9 Å². The van der Waals surface area contributed by atoms with Crippen LogP contribution >= 0.6 is 0 Å². The van der Waals surface area contributed by atoms with E-state index in [0.29, 0.717) is 23.8 Å². The summed E-state index contributed by atoms with van der Waals surface area (Å²) in [5, 5.41) is 13.1. The third-order valence-corrected chi connectivity index (χ3v) is 4.49. The Kier molecular flexibility index (Phi) is 3.61. The molecule has 3 rings (SSSR count). The van der Waals surface area contributed by atoms with E-state index in [0.717, 1.165) is 25.9 Å². The maximum absolute atomic E-state index is 12.6. The molecule has 2 heterocycles. The van der Waals surface area contributed by atoms with Crippen molar-refractivity contribution >= 4 is 11.7 Å². The highest BCUT2D eigenvalue weighted by molar-refractivity contribution is 5.98. The highest BCUT2D eigenvalue weighted by atomic mass is 16.3. The van der Waals surface area contributed by atoms with Crippen LogP contribution in [0.1, 0.15) is 30.1 Å². The number of aromatic nitrogens is 1. The van der Waals surface area contributed by atoms with Crippen molar-refractivity contribution in [3.05, 3.63) is 23.9 Å². The zero-order valence-electron chi connectivity index (χ0n) is 11.7. The second kappa shape index (κ2) is 5.40. The molecule has 1 aromatic rings. The first-order chi connectivity index (χ1) is 9.70. The van der Waals surface area contributed by atoms with E-state index in [9.17, 15) is 9.90 Å². The number of amides is 1. The molecule has 1 saturated heterocycles. The maximum atomic E-state index is 12.6. The number of aliphatic hydroxyl groups excluding tert-OH is 1. The summed E-state index contributed by atoms with van der Waals surface area (Å²) in [4.78, 5) is 18.8. The number of rotatable bonds is 3. The quantitative estimate of drug-likeness (QED) is 0.874. The van der Waals surface area contributed by atoms with Gasteiger partial charge in [-0.1, -0.05) is 0 Å². The summed E-state index contributed by atoms with van der Waals surface area (Å²) in [7, 11) is 0. The normalized spacial score (nSPS) is 28.5. The molecule has 3 unspecified atom stereocenters. The lowest BCUT2D eigenvalue weighted by Crippen LogP contribution is -2.31. The SMILES string of the molecule is CCNc1ncccc1C(=O)N1CC2CCC(O)C2C1. The van der Waals surface area contributed by atoms with E-state index in [1.807, 2.05) is 17.9 Å². The van der Waals surface area contributed by atoms with Gasteiger partial charge in [0.1, 0.15) is 5.82 Å². The second-order valence-corrected chi connectivity index (χ2v) is 5.71. The molecule has 2 fully saturated rings. The summed E-state index contributed by atoms with van der Waals surface area (Å²) in [6, 6.07) is 3.61. The van der Waals surface area contributed by atoms with Gasteiger partial charge >= 0.3 is 0 Å². The Morgan fingerprint density at radius 3 is 3.10 bits per heavy atom. The average Bonchev–Trinajstić information content (AvgIpc) is 3.02. The van der Waals surface area contributed by atoms with Gasteiger partial charge in [-0.05, 0) is 37.8 Å². The summed E-state index contributed by atoms with van der Waals surface area (Å²) in [5.41, 5.74) is 0.629. The minimum atomic E-state index is -0.236. The summed E-state index contributed by atoms with van der Waals surface area (Å²) in [6.07, 6.45) is 3.37. The molecule has 108 valence electrons. The Morgan fingerprint density at radius 2 is 2.35 bits per heavy atom. The van der Waals surface area contributed by atoms with Gasteiger partial charge in [0.2, 0.25) is 0 Å². The van der Waals surface area contributed by atoms with E-state index in [2.05, 4.69) is 10.3 Å². The number of nitrogens with zero attached hydrogens (tertiary/aromatic N) is 2. The summed E-state index contributed by atoms with van der Waals surface area (Å²) < 4.78 is 0. The molecule has 5 heteroatoms. The van der Waals surface area contributed by atoms with Gasteiger partial charge in [0.25, 0.3) is 5.91 Å². The van der Waals surface area contributed by atoms with Crippen LogP contribution in [0.3, 0.4) is 0 Å². The Balaban J connectivity index is 1.77. The fraction of sp³-hybridized carbons (Fsp3) is 0.600. The van der Waals surface area contributed by atoms with E-state index < -0.39 is 0 Å². The Hall–Kier alpha value is -1.62. The average molecular weight is 275 g/mol. The molecule has 0 spiro atoms. The number of anilines is 1. The lowest BCUT2D eigenvalue weighted by atomic mass is 10.00. The van der Waals surface area contributed by atoms with E-state index in [1.165, 1.54) is 0 Å². The number of nitrogens with one attached hydrogen (secondary N) is 1. The summed E-state index contributed by atoms with van der Waals surface area (Å²) >= 11 is 0. The number of aliphatic hydroxyl groups is 1. The molecule has 2 N–H and O–H groups in total. The molecule has 1 aliphatic heterocycles. The van der Waals surface area contributed by atoms with Crippen molar-refractivity contribution in [1.29, 1.82) is 0 Å². The number of likely N-dealkylation sites (tertiary alicyclic amines) is 1. The first kappa shape index (κ1) is 13.4. The third kappa shape index (κ3) is 2.26. The van der Waals surface area contributed by atoms with Gasteiger partial charge < -0.3 is 15.3 Å². The molecule has 0 radical (unpaired) electrons.